The lowest BCUT2D eigenvalue weighted by Crippen LogP contribution is -2.44. The van der Waals surface area contributed by atoms with Crippen LogP contribution in [0.4, 0.5) is 5.69 Å². The summed E-state index contributed by atoms with van der Waals surface area (Å²) in [6.45, 7) is 9.33. The zero-order valence-corrected chi connectivity index (χ0v) is 14.1. The number of hydrogen-bond donors (Lipinski definition) is 2. The number of nitrogens with zero attached hydrogens (tertiary/aromatic N) is 2. The third-order valence-corrected chi connectivity index (χ3v) is 4.12. The fourth-order valence-electron chi connectivity index (χ4n) is 2.47. The van der Waals surface area contributed by atoms with Crippen molar-refractivity contribution in [2.45, 2.75) is 19.4 Å². The average Bonchev–Trinajstić information content (AvgIpc) is 2.94. The molecule has 0 aliphatic carbocycles. The van der Waals surface area contributed by atoms with Crippen LogP contribution < -0.4 is 15.5 Å². The number of nitrogens with one attached hydrogen (secondary N) is 2. The molecule has 1 atom stereocenters. The highest BCUT2D eigenvalue weighted by atomic mass is 79.9. The molecular weight excluding hydrogens is 328 g/mol. The number of halogens is 1. The van der Waals surface area contributed by atoms with Crippen LogP contribution >= 0.6 is 15.9 Å². The fraction of sp³-hybridized carbons (Fsp3) is 0.438. The highest BCUT2D eigenvalue weighted by Gasteiger charge is 2.24. The summed E-state index contributed by atoms with van der Waals surface area (Å²) in [5.74, 6) is 0.872. The van der Waals surface area contributed by atoms with Gasteiger partial charge in [0.25, 0.3) is 0 Å². The van der Waals surface area contributed by atoms with Crippen LogP contribution in [0.2, 0.25) is 0 Å². The van der Waals surface area contributed by atoms with E-state index in [0.717, 1.165) is 36.5 Å². The predicted molar refractivity (Wildman–Crippen MR) is 94.1 cm³/mol. The minimum Gasteiger partial charge on any atom is -0.368 e. The van der Waals surface area contributed by atoms with E-state index in [1.165, 1.54) is 5.69 Å². The summed E-state index contributed by atoms with van der Waals surface area (Å²) in [5, 5.41) is 6.78. The van der Waals surface area contributed by atoms with Crippen LogP contribution in [0.1, 0.15) is 13.3 Å². The van der Waals surface area contributed by atoms with Gasteiger partial charge in [0.15, 0.2) is 5.96 Å². The second-order valence-corrected chi connectivity index (χ2v) is 5.89. The van der Waals surface area contributed by atoms with Crippen LogP contribution in [-0.4, -0.2) is 38.2 Å². The van der Waals surface area contributed by atoms with E-state index in [4.69, 9.17) is 0 Å². The topological polar surface area (TPSA) is 39.7 Å². The summed E-state index contributed by atoms with van der Waals surface area (Å²) in [6, 6.07) is 8.79. The summed E-state index contributed by atoms with van der Waals surface area (Å²) in [5.41, 5.74) is 1.26. The van der Waals surface area contributed by atoms with Gasteiger partial charge in [-0.15, -0.1) is 6.58 Å². The summed E-state index contributed by atoms with van der Waals surface area (Å²) in [4.78, 5) is 6.86. The molecule has 1 fully saturated rings. The van der Waals surface area contributed by atoms with Crippen molar-refractivity contribution < 1.29 is 0 Å². The van der Waals surface area contributed by atoms with Gasteiger partial charge >= 0.3 is 0 Å². The monoisotopic (exact) mass is 350 g/mol. The molecule has 21 heavy (non-hydrogen) atoms. The number of hydrogen-bond acceptors (Lipinski definition) is 2. The second kappa shape index (κ2) is 8.08. The largest absolute Gasteiger partial charge is 0.368 e. The Labute approximate surface area is 135 Å². The number of para-hydroxylation sites is 1. The summed E-state index contributed by atoms with van der Waals surface area (Å²) in [7, 11) is 0. The van der Waals surface area contributed by atoms with Crippen molar-refractivity contribution in [3.63, 3.8) is 0 Å². The second-order valence-electron chi connectivity index (χ2n) is 5.04. The molecule has 2 rings (SSSR count). The van der Waals surface area contributed by atoms with Gasteiger partial charge < -0.3 is 15.5 Å². The van der Waals surface area contributed by atoms with Crippen molar-refractivity contribution in [3.8, 4) is 0 Å². The SMILES string of the molecule is C=CCN=C(NCC)NC1CCN(c2ccccc2Br)C1. The lowest BCUT2D eigenvalue weighted by molar-refractivity contribution is 0.651. The molecule has 0 saturated carbocycles. The molecule has 0 spiro atoms. The molecule has 1 aromatic rings. The molecule has 0 radical (unpaired) electrons. The van der Waals surface area contributed by atoms with Crippen LogP contribution in [0, 0.1) is 0 Å². The number of rotatable bonds is 5. The van der Waals surface area contributed by atoms with Crippen molar-refractivity contribution in [1.82, 2.24) is 10.6 Å². The van der Waals surface area contributed by atoms with E-state index in [-0.39, 0.29) is 0 Å². The van der Waals surface area contributed by atoms with E-state index >= 15 is 0 Å². The minimum atomic E-state index is 0.416. The van der Waals surface area contributed by atoms with E-state index < -0.39 is 0 Å². The molecule has 2 N–H and O–H groups in total. The van der Waals surface area contributed by atoms with Crippen molar-refractivity contribution in [2.24, 2.45) is 4.99 Å². The molecule has 0 aromatic heterocycles. The zero-order valence-electron chi connectivity index (χ0n) is 12.5. The molecule has 1 unspecified atom stereocenters. The number of benzene rings is 1. The zero-order chi connectivity index (χ0) is 15.1. The molecule has 1 heterocycles. The van der Waals surface area contributed by atoms with Crippen LogP contribution in [0.3, 0.4) is 0 Å². The maximum Gasteiger partial charge on any atom is 0.191 e. The summed E-state index contributed by atoms with van der Waals surface area (Å²) < 4.78 is 1.15. The third kappa shape index (κ3) is 4.49. The van der Waals surface area contributed by atoms with E-state index in [2.05, 4.69) is 68.2 Å². The van der Waals surface area contributed by atoms with Gasteiger partial charge in [-0.2, -0.15) is 0 Å². The molecule has 1 aliphatic rings. The van der Waals surface area contributed by atoms with E-state index in [1.807, 2.05) is 6.07 Å². The molecule has 0 amide bonds. The summed E-state index contributed by atoms with van der Waals surface area (Å²) >= 11 is 3.63. The van der Waals surface area contributed by atoms with E-state index in [1.54, 1.807) is 6.08 Å². The highest BCUT2D eigenvalue weighted by molar-refractivity contribution is 9.10. The van der Waals surface area contributed by atoms with Gasteiger partial charge in [0.1, 0.15) is 0 Å². The maximum atomic E-state index is 4.46. The van der Waals surface area contributed by atoms with Gasteiger partial charge in [-0.3, -0.25) is 0 Å². The van der Waals surface area contributed by atoms with Crippen LogP contribution in [0.15, 0.2) is 46.4 Å². The Bertz CT molecular complexity index is 501. The standard InChI is InChI=1S/C16H23BrN4/c1-3-10-19-16(18-4-2)20-13-9-11-21(12-13)15-8-6-5-7-14(15)17/h3,5-8,13H,1,4,9-12H2,2H3,(H2,18,19,20). The first kappa shape index (κ1) is 15.9. The molecular formula is C16H23BrN4. The molecule has 4 nitrogen and oxygen atoms in total. The number of anilines is 1. The molecule has 1 saturated heterocycles. The van der Waals surface area contributed by atoms with E-state index in [9.17, 15) is 0 Å². The third-order valence-electron chi connectivity index (χ3n) is 3.44. The quantitative estimate of drug-likeness (QED) is 0.487. The lowest BCUT2D eigenvalue weighted by Gasteiger charge is -2.21. The minimum absolute atomic E-state index is 0.416. The van der Waals surface area contributed by atoms with Gasteiger partial charge in [-0.25, -0.2) is 4.99 Å². The molecule has 114 valence electrons. The fourth-order valence-corrected chi connectivity index (χ4v) is 3.01. The van der Waals surface area contributed by atoms with Crippen molar-refractivity contribution in [1.29, 1.82) is 0 Å². The highest BCUT2D eigenvalue weighted by Crippen LogP contribution is 2.28. The average molecular weight is 351 g/mol. The Kier molecular flexibility index (Phi) is 6.11. The van der Waals surface area contributed by atoms with Crippen LogP contribution in [0.25, 0.3) is 0 Å². The van der Waals surface area contributed by atoms with Crippen molar-refractivity contribution in [3.05, 3.63) is 41.4 Å². The van der Waals surface area contributed by atoms with Gasteiger partial charge in [-0.1, -0.05) is 18.2 Å². The molecule has 0 bridgehead atoms. The van der Waals surface area contributed by atoms with E-state index in [0.29, 0.717) is 12.6 Å². The smallest absolute Gasteiger partial charge is 0.191 e. The van der Waals surface area contributed by atoms with Crippen molar-refractivity contribution in [2.75, 3.05) is 31.1 Å². The summed E-state index contributed by atoms with van der Waals surface area (Å²) in [6.07, 6.45) is 2.92. The first-order chi connectivity index (χ1) is 10.2. The van der Waals surface area contributed by atoms with Gasteiger partial charge in [-0.05, 0) is 41.4 Å². The maximum absolute atomic E-state index is 4.46. The first-order valence-electron chi connectivity index (χ1n) is 7.39. The van der Waals surface area contributed by atoms with Crippen LogP contribution in [0.5, 0.6) is 0 Å². The molecule has 5 heteroatoms. The Morgan fingerprint density at radius 1 is 1.52 bits per heavy atom. The first-order valence-corrected chi connectivity index (χ1v) is 8.19. The Balaban J connectivity index is 1.95. The van der Waals surface area contributed by atoms with Gasteiger partial charge in [0.05, 0.1) is 12.2 Å². The molecule has 1 aromatic carbocycles. The lowest BCUT2D eigenvalue weighted by atomic mass is 10.3. The van der Waals surface area contributed by atoms with Crippen molar-refractivity contribution >= 4 is 27.6 Å². The Hall–Kier alpha value is -1.49. The number of aliphatic imine (C=N–C) groups is 1. The van der Waals surface area contributed by atoms with Crippen LogP contribution in [-0.2, 0) is 0 Å². The predicted octanol–water partition coefficient (Wildman–Crippen LogP) is 2.77. The van der Waals surface area contributed by atoms with Gasteiger partial charge in [0.2, 0.25) is 0 Å². The normalized spacial score (nSPS) is 18.7. The number of guanidine groups is 1. The Morgan fingerprint density at radius 3 is 3.05 bits per heavy atom. The Morgan fingerprint density at radius 2 is 2.33 bits per heavy atom. The van der Waals surface area contributed by atoms with Gasteiger partial charge in [0, 0.05) is 30.1 Å². The molecule has 1 aliphatic heterocycles.